The van der Waals surface area contributed by atoms with E-state index in [1.165, 1.54) is 0 Å². The number of hydrogen-bond donors (Lipinski definition) is 1. The Morgan fingerprint density at radius 1 is 1.39 bits per heavy atom. The number of carbonyl (C=O) groups is 2. The lowest BCUT2D eigenvalue weighted by Gasteiger charge is -2.24. The first-order valence-electron chi connectivity index (χ1n) is 10.1. The summed E-state index contributed by atoms with van der Waals surface area (Å²) >= 11 is 1.64. The Hall–Kier alpha value is -2.12. The highest BCUT2D eigenvalue weighted by Crippen LogP contribution is 2.27. The molecule has 2 aliphatic heterocycles. The Morgan fingerprint density at radius 3 is 2.93 bits per heavy atom. The molecule has 0 spiro atoms. The monoisotopic (exact) mass is 401 g/mol. The minimum absolute atomic E-state index is 0.0229. The fraction of sp³-hybridized carbons (Fsp3) is 0.524. The van der Waals surface area contributed by atoms with Crippen LogP contribution in [-0.4, -0.2) is 40.5 Å². The molecule has 28 heavy (non-hydrogen) atoms. The minimum Gasteiger partial charge on any atom is -0.373 e. The molecule has 1 saturated heterocycles. The first-order valence-corrected chi connectivity index (χ1v) is 10.9. The Kier molecular flexibility index (Phi) is 5.55. The van der Waals surface area contributed by atoms with E-state index in [0.29, 0.717) is 31.0 Å². The van der Waals surface area contributed by atoms with Crippen LogP contribution in [0.5, 0.6) is 0 Å². The molecule has 2 amide bonds. The van der Waals surface area contributed by atoms with Gasteiger partial charge in [-0.2, -0.15) is 0 Å². The van der Waals surface area contributed by atoms with E-state index in [9.17, 15) is 9.59 Å². The third-order valence-corrected chi connectivity index (χ3v) is 6.77. The van der Waals surface area contributed by atoms with Gasteiger partial charge in [0.2, 0.25) is 0 Å². The summed E-state index contributed by atoms with van der Waals surface area (Å²) in [6.45, 7) is 6.47. The smallest absolute Gasteiger partial charge is 0.270 e. The van der Waals surface area contributed by atoms with Gasteiger partial charge < -0.3 is 19.5 Å². The van der Waals surface area contributed by atoms with Gasteiger partial charge in [0.25, 0.3) is 11.8 Å². The van der Waals surface area contributed by atoms with Crippen LogP contribution in [0.15, 0.2) is 23.6 Å². The molecule has 4 rings (SSSR count). The number of aromatic nitrogens is 1. The number of nitrogens with one attached hydrogen (secondary N) is 1. The predicted octanol–water partition coefficient (Wildman–Crippen LogP) is 3.59. The molecule has 0 radical (unpaired) electrons. The average Bonchev–Trinajstić information content (AvgIpc) is 3.45. The summed E-state index contributed by atoms with van der Waals surface area (Å²) in [5.74, 6) is -0.111. The molecule has 1 N–H and O–H groups in total. The largest absolute Gasteiger partial charge is 0.373 e. The van der Waals surface area contributed by atoms with Gasteiger partial charge in [0.15, 0.2) is 0 Å². The van der Waals surface area contributed by atoms with Gasteiger partial charge in [-0.25, -0.2) is 0 Å². The van der Waals surface area contributed by atoms with Gasteiger partial charge in [0.1, 0.15) is 5.69 Å². The summed E-state index contributed by atoms with van der Waals surface area (Å²) in [7, 11) is 0. The maximum absolute atomic E-state index is 13.2. The highest BCUT2D eigenvalue weighted by Gasteiger charge is 2.32. The summed E-state index contributed by atoms with van der Waals surface area (Å²) in [5, 5.41) is 5.16. The SMILES string of the molecule is CC[C@@H](NC(=O)c1cc(C(=O)N2CCC[C@@H]2C)n2c1COCC2)c1cccs1. The fourth-order valence-corrected chi connectivity index (χ4v) is 5.04. The molecule has 0 unspecified atom stereocenters. The van der Waals surface area contributed by atoms with E-state index in [-0.39, 0.29) is 23.9 Å². The maximum Gasteiger partial charge on any atom is 0.270 e. The molecule has 2 aliphatic rings. The van der Waals surface area contributed by atoms with Crippen LogP contribution in [0.2, 0.25) is 0 Å². The molecule has 0 aromatic carbocycles. The van der Waals surface area contributed by atoms with E-state index in [1.807, 2.05) is 27.0 Å². The van der Waals surface area contributed by atoms with Crippen LogP contribution in [0, 0.1) is 0 Å². The fourth-order valence-electron chi connectivity index (χ4n) is 4.18. The number of fused-ring (bicyclic) bond motifs is 1. The highest BCUT2D eigenvalue weighted by atomic mass is 32.1. The first kappa shape index (κ1) is 19.2. The molecular formula is C21H27N3O3S. The van der Waals surface area contributed by atoms with E-state index in [1.54, 1.807) is 17.4 Å². The molecule has 0 aliphatic carbocycles. The Bertz CT molecular complexity index is 859. The van der Waals surface area contributed by atoms with Gasteiger partial charge in [-0.05, 0) is 43.7 Å². The number of hydrogen-bond acceptors (Lipinski definition) is 4. The van der Waals surface area contributed by atoms with Gasteiger partial charge in [-0.3, -0.25) is 9.59 Å². The number of carbonyl (C=O) groups excluding carboxylic acids is 2. The van der Waals surface area contributed by atoms with Crippen molar-refractivity contribution in [3.8, 4) is 0 Å². The molecule has 4 heterocycles. The van der Waals surface area contributed by atoms with Gasteiger partial charge >= 0.3 is 0 Å². The zero-order valence-electron chi connectivity index (χ0n) is 16.4. The van der Waals surface area contributed by atoms with Crippen molar-refractivity contribution in [2.75, 3.05) is 13.2 Å². The number of likely N-dealkylation sites (tertiary alicyclic amines) is 1. The molecule has 7 heteroatoms. The molecule has 0 bridgehead atoms. The highest BCUT2D eigenvalue weighted by molar-refractivity contribution is 7.10. The normalized spacial score (nSPS) is 20.1. The van der Waals surface area contributed by atoms with Crippen LogP contribution in [0.1, 0.15) is 70.6 Å². The van der Waals surface area contributed by atoms with Crippen LogP contribution >= 0.6 is 11.3 Å². The second kappa shape index (κ2) is 8.09. The predicted molar refractivity (Wildman–Crippen MR) is 109 cm³/mol. The zero-order valence-corrected chi connectivity index (χ0v) is 17.3. The lowest BCUT2D eigenvalue weighted by molar-refractivity contribution is 0.0683. The van der Waals surface area contributed by atoms with Crippen molar-refractivity contribution in [1.82, 2.24) is 14.8 Å². The summed E-state index contributed by atoms with van der Waals surface area (Å²) in [6, 6.07) is 6.04. The zero-order chi connectivity index (χ0) is 19.7. The Labute approximate surface area is 169 Å². The van der Waals surface area contributed by atoms with Crippen molar-refractivity contribution < 1.29 is 14.3 Å². The molecule has 0 saturated carbocycles. The van der Waals surface area contributed by atoms with Crippen molar-refractivity contribution in [3.05, 3.63) is 45.4 Å². The van der Waals surface area contributed by atoms with Gasteiger partial charge in [-0.15, -0.1) is 11.3 Å². The molecule has 150 valence electrons. The van der Waals surface area contributed by atoms with Crippen LogP contribution in [0.25, 0.3) is 0 Å². The van der Waals surface area contributed by atoms with Crippen LogP contribution in [0.4, 0.5) is 0 Å². The first-order chi connectivity index (χ1) is 13.6. The topological polar surface area (TPSA) is 63.6 Å². The number of amides is 2. The van der Waals surface area contributed by atoms with E-state index < -0.39 is 0 Å². The summed E-state index contributed by atoms with van der Waals surface area (Å²) in [5.41, 5.74) is 1.98. The number of nitrogens with zero attached hydrogens (tertiary/aromatic N) is 2. The molecule has 2 aromatic heterocycles. The van der Waals surface area contributed by atoms with Gasteiger partial charge in [0, 0.05) is 24.0 Å². The van der Waals surface area contributed by atoms with E-state index in [0.717, 1.165) is 36.4 Å². The molecule has 6 nitrogen and oxygen atoms in total. The van der Waals surface area contributed by atoms with Crippen LogP contribution < -0.4 is 5.32 Å². The second-order valence-corrected chi connectivity index (χ2v) is 8.51. The van der Waals surface area contributed by atoms with Crippen molar-refractivity contribution in [2.45, 2.75) is 58.3 Å². The maximum atomic E-state index is 13.2. The number of thiophene rings is 1. The Morgan fingerprint density at radius 2 is 2.25 bits per heavy atom. The summed E-state index contributed by atoms with van der Waals surface area (Å²) < 4.78 is 7.59. The van der Waals surface area contributed by atoms with Gasteiger partial charge in [-0.1, -0.05) is 13.0 Å². The van der Waals surface area contributed by atoms with Crippen molar-refractivity contribution in [2.24, 2.45) is 0 Å². The van der Waals surface area contributed by atoms with E-state index in [4.69, 9.17) is 4.74 Å². The van der Waals surface area contributed by atoms with Crippen molar-refractivity contribution in [1.29, 1.82) is 0 Å². The van der Waals surface area contributed by atoms with Crippen molar-refractivity contribution in [3.63, 3.8) is 0 Å². The Balaban J connectivity index is 1.63. The van der Waals surface area contributed by atoms with Crippen LogP contribution in [-0.2, 0) is 17.9 Å². The molecule has 1 fully saturated rings. The number of rotatable bonds is 5. The standard InChI is InChI=1S/C21H27N3O3S/c1-3-16(19-7-5-11-28-19)22-20(25)15-12-17(24-9-10-27-13-18(15)24)21(26)23-8-4-6-14(23)2/h5,7,11-12,14,16H,3-4,6,8-10,13H2,1-2H3,(H,22,25)/t14-,16+/m0/s1. The van der Waals surface area contributed by atoms with Crippen LogP contribution in [0.3, 0.4) is 0 Å². The quantitative estimate of drug-likeness (QED) is 0.833. The molecule has 2 aromatic rings. The lowest BCUT2D eigenvalue weighted by Crippen LogP contribution is -2.35. The average molecular weight is 402 g/mol. The summed E-state index contributed by atoms with van der Waals surface area (Å²) in [6.07, 6.45) is 2.89. The van der Waals surface area contributed by atoms with E-state index >= 15 is 0 Å². The van der Waals surface area contributed by atoms with Crippen molar-refractivity contribution >= 4 is 23.2 Å². The molecule has 2 atom stereocenters. The van der Waals surface area contributed by atoms with Gasteiger partial charge in [0.05, 0.1) is 30.5 Å². The minimum atomic E-state index is -0.136. The third-order valence-electron chi connectivity index (χ3n) is 5.78. The van der Waals surface area contributed by atoms with E-state index in [2.05, 4.69) is 19.2 Å². The summed E-state index contributed by atoms with van der Waals surface area (Å²) in [4.78, 5) is 29.3. The third kappa shape index (κ3) is 3.49. The second-order valence-electron chi connectivity index (χ2n) is 7.53. The lowest BCUT2D eigenvalue weighted by atomic mass is 10.1. The number of ether oxygens (including phenoxy) is 1. The molecular weight excluding hydrogens is 374 g/mol.